The van der Waals surface area contributed by atoms with Gasteiger partial charge in [-0.3, -0.25) is 0 Å². The van der Waals surface area contributed by atoms with Crippen LogP contribution < -0.4 is 10.6 Å². The van der Waals surface area contributed by atoms with Gasteiger partial charge in [-0.05, 0) is 18.6 Å². The van der Waals surface area contributed by atoms with Gasteiger partial charge in [0.25, 0.3) is 0 Å². The Labute approximate surface area is 148 Å². The second kappa shape index (κ2) is 6.59. The van der Waals surface area contributed by atoms with Crippen molar-refractivity contribution in [2.75, 3.05) is 31.1 Å². The van der Waals surface area contributed by atoms with Gasteiger partial charge in [0.2, 0.25) is 0 Å². The number of thiazole rings is 1. The second-order valence-electron chi connectivity index (χ2n) is 6.32. The Balaban J connectivity index is 1.37. The zero-order chi connectivity index (χ0) is 17.4. The third-order valence-corrected chi connectivity index (χ3v) is 5.55. The Morgan fingerprint density at radius 2 is 1.92 bits per heavy atom. The van der Waals surface area contributed by atoms with E-state index >= 15 is 0 Å². The highest BCUT2D eigenvalue weighted by molar-refractivity contribution is 7.13. The van der Waals surface area contributed by atoms with Gasteiger partial charge in [-0.25, -0.2) is 18.8 Å². The van der Waals surface area contributed by atoms with Crippen molar-refractivity contribution in [1.82, 2.24) is 9.88 Å². The predicted molar refractivity (Wildman–Crippen MR) is 95.0 cm³/mol. The van der Waals surface area contributed by atoms with Crippen molar-refractivity contribution in [2.24, 2.45) is 10.7 Å². The summed E-state index contributed by atoms with van der Waals surface area (Å²) in [5.74, 6) is -0.754. The van der Waals surface area contributed by atoms with Crippen LogP contribution in [-0.4, -0.2) is 48.1 Å². The molecule has 25 heavy (non-hydrogen) atoms. The average molecular weight is 363 g/mol. The van der Waals surface area contributed by atoms with E-state index in [1.54, 1.807) is 17.5 Å². The summed E-state index contributed by atoms with van der Waals surface area (Å²) < 4.78 is 27.7. The molecule has 2 heterocycles. The van der Waals surface area contributed by atoms with E-state index in [4.69, 9.17) is 5.73 Å². The smallest absolute Gasteiger partial charge is 0.191 e. The van der Waals surface area contributed by atoms with Gasteiger partial charge in [0.15, 0.2) is 11.1 Å². The van der Waals surface area contributed by atoms with Crippen LogP contribution in [0.1, 0.15) is 17.9 Å². The lowest BCUT2D eigenvalue weighted by Gasteiger charge is -2.35. The summed E-state index contributed by atoms with van der Waals surface area (Å²) in [4.78, 5) is 13.1. The largest absolute Gasteiger partial charge is 0.370 e. The van der Waals surface area contributed by atoms with Crippen molar-refractivity contribution in [3.8, 4) is 0 Å². The van der Waals surface area contributed by atoms with E-state index in [0.717, 1.165) is 31.3 Å². The number of aromatic nitrogens is 1. The van der Waals surface area contributed by atoms with E-state index in [9.17, 15) is 8.78 Å². The molecule has 1 aromatic carbocycles. The first kappa shape index (κ1) is 16.3. The summed E-state index contributed by atoms with van der Waals surface area (Å²) in [5.41, 5.74) is 6.26. The van der Waals surface area contributed by atoms with Gasteiger partial charge in [0, 0.05) is 49.2 Å². The first-order valence-corrected chi connectivity index (χ1v) is 9.18. The molecule has 2 aliphatic rings. The number of nitrogens with two attached hydrogens (primary N) is 1. The first-order valence-electron chi connectivity index (χ1n) is 8.30. The molecule has 5 nitrogen and oxygen atoms in total. The van der Waals surface area contributed by atoms with Crippen LogP contribution in [0.25, 0.3) is 0 Å². The predicted octanol–water partition coefficient (Wildman–Crippen LogP) is 2.41. The number of rotatable bonds is 3. The summed E-state index contributed by atoms with van der Waals surface area (Å²) in [6, 6.07) is 3.83. The van der Waals surface area contributed by atoms with Crippen LogP contribution in [0.5, 0.6) is 0 Å². The minimum Gasteiger partial charge on any atom is -0.370 e. The molecule has 1 saturated carbocycles. The fraction of sp³-hybridized carbons (Fsp3) is 0.412. The fourth-order valence-electron chi connectivity index (χ4n) is 3.25. The zero-order valence-corrected chi connectivity index (χ0v) is 14.4. The molecule has 0 bridgehead atoms. The van der Waals surface area contributed by atoms with Gasteiger partial charge in [-0.1, -0.05) is 6.07 Å². The van der Waals surface area contributed by atoms with E-state index in [1.807, 2.05) is 10.3 Å². The normalized spacial score (nSPS) is 23.8. The SMILES string of the molecule is NC(=NC1CC1c1c(F)cccc1F)N1CCN(c2nccs2)CC1. The van der Waals surface area contributed by atoms with E-state index in [1.165, 1.54) is 18.2 Å². The monoisotopic (exact) mass is 363 g/mol. The molecule has 8 heteroatoms. The quantitative estimate of drug-likeness (QED) is 0.672. The molecule has 0 amide bonds. The number of piperazine rings is 1. The van der Waals surface area contributed by atoms with Crippen LogP contribution in [-0.2, 0) is 0 Å². The van der Waals surface area contributed by atoms with E-state index < -0.39 is 11.6 Å². The number of anilines is 1. The molecule has 1 aliphatic carbocycles. The highest BCUT2D eigenvalue weighted by Crippen LogP contribution is 2.45. The third-order valence-electron chi connectivity index (χ3n) is 4.72. The molecule has 2 unspecified atom stereocenters. The number of benzene rings is 1. The van der Waals surface area contributed by atoms with Gasteiger partial charge < -0.3 is 15.5 Å². The van der Waals surface area contributed by atoms with Gasteiger partial charge in [-0.2, -0.15) is 0 Å². The Kier molecular flexibility index (Phi) is 4.29. The van der Waals surface area contributed by atoms with Crippen molar-refractivity contribution in [3.63, 3.8) is 0 Å². The van der Waals surface area contributed by atoms with E-state index in [2.05, 4.69) is 14.9 Å². The highest BCUT2D eigenvalue weighted by atomic mass is 32.1. The van der Waals surface area contributed by atoms with Crippen molar-refractivity contribution in [1.29, 1.82) is 0 Å². The molecular formula is C17H19F2N5S. The van der Waals surface area contributed by atoms with Gasteiger partial charge >= 0.3 is 0 Å². The Bertz CT molecular complexity index is 751. The molecular weight excluding hydrogens is 344 g/mol. The van der Waals surface area contributed by atoms with Crippen LogP contribution in [0.3, 0.4) is 0 Å². The molecule has 2 N–H and O–H groups in total. The van der Waals surface area contributed by atoms with Crippen LogP contribution in [0.2, 0.25) is 0 Å². The maximum Gasteiger partial charge on any atom is 0.191 e. The van der Waals surface area contributed by atoms with Gasteiger partial charge in [0.05, 0.1) is 6.04 Å². The number of guanidine groups is 1. The van der Waals surface area contributed by atoms with Crippen molar-refractivity contribution < 1.29 is 8.78 Å². The minimum absolute atomic E-state index is 0.136. The first-order chi connectivity index (χ1) is 12.1. The highest BCUT2D eigenvalue weighted by Gasteiger charge is 2.42. The van der Waals surface area contributed by atoms with Crippen LogP contribution in [0.15, 0.2) is 34.8 Å². The number of aliphatic imine (C=N–C) groups is 1. The molecule has 1 saturated heterocycles. The van der Waals surface area contributed by atoms with E-state index in [-0.39, 0.29) is 17.5 Å². The fourth-order valence-corrected chi connectivity index (χ4v) is 3.95. The topological polar surface area (TPSA) is 57.8 Å². The molecule has 1 aromatic heterocycles. The Hall–Kier alpha value is -2.22. The van der Waals surface area contributed by atoms with Crippen molar-refractivity contribution in [2.45, 2.75) is 18.4 Å². The van der Waals surface area contributed by atoms with Crippen LogP contribution in [0, 0.1) is 11.6 Å². The molecule has 0 radical (unpaired) electrons. The lowest BCUT2D eigenvalue weighted by molar-refractivity contribution is 0.380. The third kappa shape index (κ3) is 3.30. The molecule has 4 rings (SSSR count). The molecule has 2 fully saturated rings. The Morgan fingerprint density at radius 3 is 2.56 bits per heavy atom. The van der Waals surface area contributed by atoms with Gasteiger partial charge in [-0.15, -0.1) is 11.3 Å². The molecule has 1 aliphatic heterocycles. The molecule has 2 aromatic rings. The summed E-state index contributed by atoms with van der Waals surface area (Å²) in [6.45, 7) is 3.19. The average Bonchev–Trinajstić information content (AvgIpc) is 3.13. The lowest BCUT2D eigenvalue weighted by Crippen LogP contribution is -2.51. The maximum atomic E-state index is 13.8. The number of halogens is 2. The summed E-state index contributed by atoms with van der Waals surface area (Å²) in [5, 5.41) is 2.99. The number of hydrogen-bond donors (Lipinski definition) is 1. The van der Waals surface area contributed by atoms with Crippen molar-refractivity contribution in [3.05, 3.63) is 47.0 Å². The van der Waals surface area contributed by atoms with Crippen LogP contribution >= 0.6 is 11.3 Å². The number of nitrogens with zero attached hydrogens (tertiary/aromatic N) is 4. The standard InChI is InChI=1S/C17H19F2N5S/c18-12-2-1-3-13(19)15(12)11-10-14(11)22-16(20)23-5-7-24(8-6-23)17-21-4-9-25-17/h1-4,9,11,14H,5-8,10H2,(H2,20,22). The van der Waals surface area contributed by atoms with Crippen molar-refractivity contribution >= 4 is 22.4 Å². The summed E-state index contributed by atoms with van der Waals surface area (Å²) in [7, 11) is 0. The van der Waals surface area contributed by atoms with Gasteiger partial charge in [0.1, 0.15) is 11.6 Å². The lowest BCUT2D eigenvalue weighted by atomic mass is 10.1. The number of hydrogen-bond acceptors (Lipinski definition) is 4. The summed E-state index contributed by atoms with van der Waals surface area (Å²) >= 11 is 1.62. The second-order valence-corrected chi connectivity index (χ2v) is 7.19. The van der Waals surface area contributed by atoms with Crippen LogP contribution in [0.4, 0.5) is 13.9 Å². The molecule has 132 valence electrons. The zero-order valence-electron chi connectivity index (χ0n) is 13.6. The maximum absolute atomic E-state index is 13.8. The molecule has 2 atom stereocenters. The molecule has 0 spiro atoms. The van der Waals surface area contributed by atoms with E-state index in [0.29, 0.717) is 12.4 Å². The summed E-state index contributed by atoms with van der Waals surface area (Å²) in [6.07, 6.45) is 2.44. The minimum atomic E-state index is -0.502. The Morgan fingerprint density at radius 1 is 1.20 bits per heavy atom.